The molecule has 0 unspecified atom stereocenters. The minimum absolute atomic E-state index is 0.204. The van der Waals surface area contributed by atoms with E-state index >= 15 is 0 Å². The number of anilines is 2. The summed E-state index contributed by atoms with van der Waals surface area (Å²) in [6, 6.07) is 20.2. The lowest BCUT2D eigenvalue weighted by Gasteiger charge is -2.14. The topological polar surface area (TPSA) is 89.0 Å². The molecule has 4 aromatic rings. The second kappa shape index (κ2) is 9.04. The molecule has 0 bridgehead atoms. The van der Waals surface area contributed by atoms with Crippen molar-refractivity contribution in [1.29, 1.82) is 0 Å². The summed E-state index contributed by atoms with van der Waals surface area (Å²) in [6.07, 6.45) is 3.32. The van der Waals surface area contributed by atoms with Crippen LogP contribution in [-0.2, 0) is 0 Å². The van der Waals surface area contributed by atoms with E-state index in [1.807, 2.05) is 55.5 Å². The Labute approximate surface area is 180 Å². The molecule has 2 N–H and O–H groups in total. The van der Waals surface area contributed by atoms with Gasteiger partial charge in [-0.05, 0) is 49.4 Å². The van der Waals surface area contributed by atoms with E-state index in [9.17, 15) is 4.79 Å². The summed E-state index contributed by atoms with van der Waals surface area (Å²) in [5, 5.41) is 5.83. The van der Waals surface area contributed by atoms with Gasteiger partial charge >= 0.3 is 0 Å². The van der Waals surface area contributed by atoms with Crippen LogP contribution in [0.1, 0.15) is 15.9 Å². The van der Waals surface area contributed by atoms with Gasteiger partial charge in [0.2, 0.25) is 11.8 Å². The number of ether oxygens (including phenoxy) is 1. The zero-order chi connectivity index (χ0) is 21.6. The fourth-order valence-electron chi connectivity index (χ4n) is 3.09. The first-order chi connectivity index (χ1) is 15.2. The Kier molecular flexibility index (Phi) is 5.84. The number of hydrogen-bond donors (Lipinski definition) is 2. The predicted molar refractivity (Wildman–Crippen MR) is 120 cm³/mol. The van der Waals surface area contributed by atoms with Crippen molar-refractivity contribution in [2.75, 3.05) is 17.7 Å². The summed E-state index contributed by atoms with van der Waals surface area (Å²) in [7, 11) is 1.76. The van der Waals surface area contributed by atoms with Crippen molar-refractivity contribution < 1.29 is 9.53 Å². The minimum Gasteiger partial charge on any atom is -0.438 e. The molecule has 0 saturated heterocycles. The molecule has 0 atom stereocenters. The molecule has 0 radical (unpaired) electrons. The lowest BCUT2D eigenvalue weighted by atomic mass is 10.1. The molecule has 0 fully saturated rings. The lowest BCUT2D eigenvalue weighted by molar-refractivity contribution is 0.102. The van der Waals surface area contributed by atoms with Crippen molar-refractivity contribution in [3.05, 3.63) is 90.3 Å². The van der Waals surface area contributed by atoms with Crippen LogP contribution in [0, 0.1) is 6.92 Å². The Morgan fingerprint density at radius 3 is 2.55 bits per heavy atom. The first-order valence-electron chi connectivity index (χ1n) is 9.76. The molecule has 0 aliphatic rings. The van der Waals surface area contributed by atoms with Gasteiger partial charge in [0.1, 0.15) is 5.75 Å². The van der Waals surface area contributed by atoms with Gasteiger partial charge in [-0.2, -0.15) is 0 Å². The maximum atomic E-state index is 12.8. The molecule has 7 nitrogen and oxygen atoms in total. The van der Waals surface area contributed by atoms with Crippen LogP contribution in [0.2, 0.25) is 0 Å². The number of nitrogens with zero attached hydrogens (tertiary/aromatic N) is 3. The van der Waals surface area contributed by atoms with Crippen LogP contribution in [0.5, 0.6) is 11.6 Å². The molecule has 31 heavy (non-hydrogen) atoms. The summed E-state index contributed by atoms with van der Waals surface area (Å²) in [6.45, 7) is 1.85. The van der Waals surface area contributed by atoms with Crippen LogP contribution >= 0.6 is 0 Å². The number of nitrogens with one attached hydrogen (secondary N) is 2. The minimum atomic E-state index is -0.204. The second-order valence-corrected chi connectivity index (χ2v) is 6.72. The standard InChI is InChI=1S/C24H21N5O2/c1-16-18(22(30)28-17-8-4-3-5-9-17)10-6-12-21(16)31-23-19(11-7-14-26-23)20-13-15-27-24(25-2)29-20/h3-15H,1-2H3,(H,28,30)(H,25,27,29). The number of benzene rings is 2. The number of carbonyl (C=O) groups excluding carboxylic acids is 1. The Hall–Kier alpha value is -4.26. The Balaban J connectivity index is 1.64. The molecule has 0 saturated carbocycles. The Bertz CT molecular complexity index is 1210. The van der Waals surface area contributed by atoms with Gasteiger partial charge in [0.15, 0.2) is 0 Å². The number of amides is 1. The maximum absolute atomic E-state index is 12.8. The SMILES string of the molecule is CNc1nccc(-c2cccnc2Oc2cccc(C(=O)Nc3ccccc3)c2C)n1. The van der Waals surface area contributed by atoms with E-state index in [2.05, 4.69) is 25.6 Å². The molecule has 1 amide bonds. The van der Waals surface area contributed by atoms with Gasteiger partial charge in [-0.15, -0.1) is 0 Å². The van der Waals surface area contributed by atoms with E-state index in [0.717, 1.165) is 11.3 Å². The fraction of sp³-hybridized carbons (Fsp3) is 0.0833. The lowest BCUT2D eigenvalue weighted by Crippen LogP contribution is -2.13. The van der Waals surface area contributed by atoms with Crippen LogP contribution in [0.15, 0.2) is 79.1 Å². The molecule has 0 aliphatic heterocycles. The number of carbonyl (C=O) groups is 1. The first kappa shape index (κ1) is 20.0. The summed E-state index contributed by atoms with van der Waals surface area (Å²) in [5.41, 5.74) is 3.37. The highest BCUT2D eigenvalue weighted by atomic mass is 16.5. The third-order valence-electron chi connectivity index (χ3n) is 4.69. The van der Waals surface area contributed by atoms with Gasteiger partial charge in [0.05, 0.1) is 11.3 Å². The summed E-state index contributed by atoms with van der Waals surface area (Å²) in [5.74, 6) is 1.24. The molecular weight excluding hydrogens is 390 g/mol. The molecule has 2 heterocycles. The summed E-state index contributed by atoms with van der Waals surface area (Å²) >= 11 is 0. The first-order valence-corrected chi connectivity index (χ1v) is 9.76. The maximum Gasteiger partial charge on any atom is 0.256 e. The van der Waals surface area contributed by atoms with Gasteiger partial charge < -0.3 is 15.4 Å². The van der Waals surface area contributed by atoms with Crippen molar-refractivity contribution >= 4 is 17.5 Å². The highest BCUT2D eigenvalue weighted by Gasteiger charge is 2.16. The van der Waals surface area contributed by atoms with E-state index in [0.29, 0.717) is 34.4 Å². The smallest absolute Gasteiger partial charge is 0.256 e. The van der Waals surface area contributed by atoms with Gasteiger partial charge in [-0.1, -0.05) is 24.3 Å². The second-order valence-electron chi connectivity index (χ2n) is 6.72. The molecule has 4 rings (SSSR count). The van der Waals surface area contributed by atoms with E-state index in [1.165, 1.54) is 0 Å². The van der Waals surface area contributed by atoms with E-state index in [1.54, 1.807) is 37.6 Å². The molecular formula is C24H21N5O2. The molecule has 0 aliphatic carbocycles. The van der Waals surface area contributed by atoms with Crippen molar-refractivity contribution in [3.63, 3.8) is 0 Å². The Morgan fingerprint density at radius 1 is 0.903 bits per heavy atom. The Morgan fingerprint density at radius 2 is 1.74 bits per heavy atom. The van der Waals surface area contributed by atoms with Crippen molar-refractivity contribution in [3.8, 4) is 22.9 Å². The van der Waals surface area contributed by atoms with Crippen molar-refractivity contribution in [2.45, 2.75) is 6.92 Å². The van der Waals surface area contributed by atoms with E-state index in [4.69, 9.17) is 4.74 Å². The van der Waals surface area contributed by atoms with Gasteiger partial charge in [0, 0.05) is 36.3 Å². The fourth-order valence-corrected chi connectivity index (χ4v) is 3.09. The summed E-state index contributed by atoms with van der Waals surface area (Å²) < 4.78 is 6.14. The van der Waals surface area contributed by atoms with Crippen molar-refractivity contribution in [2.24, 2.45) is 0 Å². The number of aromatic nitrogens is 3. The predicted octanol–water partition coefficient (Wildman–Crippen LogP) is 4.93. The zero-order valence-corrected chi connectivity index (χ0v) is 17.2. The molecule has 0 spiro atoms. The number of hydrogen-bond acceptors (Lipinski definition) is 6. The number of rotatable bonds is 6. The monoisotopic (exact) mass is 411 g/mol. The highest BCUT2D eigenvalue weighted by molar-refractivity contribution is 6.05. The average Bonchev–Trinajstić information content (AvgIpc) is 2.81. The van der Waals surface area contributed by atoms with E-state index in [-0.39, 0.29) is 5.91 Å². The van der Waals surface area contributed by atoms with Crippen LogP contribution < -0.4 is 15.4 Å². The van der Waals surface area contributed by atoms with Gasteiger partial charge in [-0.25, -0.2) is 15.0 Å². The van der Waals surface area contributed by atoms with Crippen LogP contribution in [0.4, 0.5) is 11.6 Å². The number of para-hydroxylation sites is 1. The van der Waals surface area contributed by atoms with Crippen LogP contribution in [-0.4, -0.2) is 27.9 Å². The third-order valence-corrected chi connectivity index (χ3v) is 4.69. The normalized spacial score (nSPS) is 10.4. The van der Waals surface area contributed by atoms with Crippen LogP contribution in [0.25, 0.3) is 11.3 Å². The summed E-state index contributed by atoms with van der Waals surface area (Å²) in [4.78, 5) is 25.8. The molecule has 154 valence electrons. The van der Waals surface area contributed by atoms with E-state index < -0.39 is 0 Å². The zero-order valence-electron chi connectivity index (χ0n) is 17.2. The number of pyridine rings is 1. The quantitative estimate of drug-likeness (QED) is 0.467. The van der Waals surface area contributed by atoms with Gasteiger partial charge in [-0.3, -0.25) is 4.79 Å². The molecule has 2 aromatic carbocycles. The molecule has 7 heteroatoms. The average molecular weight is 411 g/mol. The largest absolute Gasteiger partial charge is 0.438 e. The highest BCUT2D eigenvalue weighted by Crippen LogP contribution is 2.33. The third kappa shape index (κ3) is 4.51. The van der Waals surface area contributed by atoms with Gasteiger partial charge in [0.25, 0.3) is 5.91 Å². The molecule has 2 aromatic heterocycles. The van der Waals surface area contributed by atoms with Crippen molar-refractivity contribution in [1.82, 2.24) is 15.0 Å². The van der Waals surface area contributed by atoms with Crippen LogP contribution in [0.3, 0.4) is 0 Å².